The fraction of sp³-hybridized carbons (Fsp3) is 0.632. The molecule has 140 valence electrons. The number of likely N-dealkylation sites (tertiary alicyclic amines) is 2. The number of thiophene rings is 1. The lowest BCUT2D eigenvalue weighted by Crippen LogP contribution is -2.49. The van der Waals surface area contributed by atoms with Crippen LogP contribution in [0.3, 0.4) is 0 Å². The maximum atomic E-state index is 12.5. The van der Waals surface area contributed by atoms with Crippen molar-refractivity contribution in [2.45, 2.75) is 38.1 Å². The van der Waals surface area contributed by atoms with E-state index in [0.717, 1.165) is 49.0 Å². The predicted molar refractivity (Wildman–Crippen MR) is 102 cm³/mol. The van der Waals surface area contributed by atoms with E-state index in [1.807, 2.05) is 34.0 Å². The van der Waals surface area contributed by atoms with Gasteiger partial charge in [-0.2, -0.15) is 0 Å². The van der Waals surface area contributed by atoms with Crippen molar-refractivity contribution in [1.29, 1.82) is 0 Å². The molecule has 1 amide bonds. The number of nitrogens with zero attached hydrogens (tertiary/aromatic N) is 5. The van der Waals surface area contributed by atoms with Gasteiger partial charge in [0.15, 0.2) is 0 Å². The van der Waals surface area contributed by atoms with Gasteiger partial charge in [-0.15, -0.1) is 21.5 Å². The Labute approximate surface area is 158 Å². The molecule has 2 aromatic rings. The van der Waals surface area contributed by atoms with Crippen molar-refractivity contribution in [1.82, 2.24) is 24.6 Å². The van der Waals surface area contributed by atoms with Crippen LogP contribution in [-0.2, 0) is 13.5 Å². The molecule has 2 saturated heterocycles. The summed E-state index contributed by atoms with van der Waals surface area (Å²) in [4.78, 5) is 18.0. The summed E-state index contributed by atoms with van der Waals surface area (Å²) in [5.74, 6) is 2.03. The van der Waals surface area contributed by atoms with E-state index in [1.165, 1.54) is 25.9 Å². The minimum absolute atomic E-state index is 0.209. The first kappa shape index (κ1) is 17.7. The number of piperidine rings is 2. The molecule has 0 aliphatic carbocycles. The summed E-state index contributed by atoms with van der Waals surface area (Å²) in [6, 6.07) is 4.52. The van der Waals surface area contributed by atoms with Crippen LogP contribution in [-0.4, -0.2) is 62.7 Å². The van der Waals surface area contributed by atoms with Crippen molar-refractivity contribution in [3.63, 3.8) is 0 Å². The summed E-state index contributed by atoms with van der Waals surface area (Å²) in [5, 5.41) is 10.2. The van der Waals surface area contributed by atoms with Crippen LogP contribution in [0.15, 0.2) is 23.8 Å². The maximum Gasteiger partial charge on any atom is 0.263 e. The number of carbonyl (C=O) groups excluding carboxylic acids is 1. The third-order valence-corrected chi connectivity index (χ3v) is 6.78. The Morgan fingerprint density at radius 1 is 1.19 bits per heavy atom. The van der Waals surface area contributed by atoms with Crippen LogP contribution in [0.1, 0.15) is 41.2 Å². The van der Waals surface area contributed by atoms with Crippen molar-refractivity contribution < 1.29 is 4.79 Å². The molecule has 0 bridgehead atoms. The SMILES string of the molecule is Cn1cnnc1CC1CCN(C2CCN(C(=O)c3cccs3)CC2)CC1. The van der Waals surface area contributed by atoms with Crippen LogP contribution >= 0.6 is 11.3 Å². The van der Waals surface area contributed by atoms with Gasteiger partial charge in [-0.1, -0.05) is 6.07 Å². The van der Waals surface area contributed by atoms with Crippen LogP contribution in [0, 0.1) is 5.92 Å². The third kappa shape index (κ3) is 3.83. The zero-order valence-electron chi connectivity index (χ0n) is 15.4. The molecule has 0 N–H and O–H groups in total. The Balaban J connectivity index is 1.23. The minimum atomic E-state index is 0.209. The van der Waals surface area contributed by atoms with Gasteiger partial charge >= 0.3 is 0 Å². The Kier molecular flexibility index (Phi) is 5.36. The van der Waals surface area contributed by atoms with E-state index in [2.05, 4.69) is 15.1 Å². The summed E-state index contributed by atoms with van der Waals surface area (Å²) in [6.07, 6.45) is 7.51. The monoisotopic (exact) mass is 373 g/mol. The molecular formula is C19H27N5OS. The topological polar surface area (TPSA) is 54.3 Å². The molecule has 26 heavy (non-hydrogen) atoms. The average molecular weight is 374 g/mol. The molecule has 0 aromatic carbocycles. The van der Waals surface area contributed by atoms with Crippen LogP contribution in [0.5, 0.6) is 0 Å². The van der Waals surface area contributed by atoms with E-state index in [-0.39, 0.29) is 5.91 Å². The quantitative estimate of drug-likeness (QED) is 0.826. The first-order chi connectivity index (χ1) is 12.7. The van der Waals surface area contributed by atoms with Crippen molar-refractivity contribution in [3.8, 4) is 0 Å². The summed E-state index contributed by atoms with van der Waals surface area (Å²) in [6.45, 7) is 4.12. The molecular weight excluding hydrogens is 346 g/mol. The summed E-state index contributed by atoms with van der Waals surface area (Å²) < 4.78 is 2.03. The standard InChI is InChI=1S/C19H27N5OS/c1-22-14-20-21-18(22)13-15-4-8-23(9-5-15)16-6-10-24(11-7-16)19(25)17-3-2-12-26-17/h2-3,12,14-16H,4-11,13H2,1H3. The summed E-state index contributed by atoms with van der Waals surface area (Å²) >= 11 is 1.54. The highest BCUT2D eigenvalue weighted by atomic mass is 32.1. The molecule has 4 rings (SSSR count). The van der Waals surface area contributed by atoms with Crippen LogP contribution in [0.25, 0.3) is 0 Å². The molecule has 2 aliphatic heterocycles. The lowest BCUT2D eigenvalue weighted by Gasteiger charge is -2.41. The smallest absolute Gasteiger partial charge is 0.263 e. The lowest BCUT2D eigenvalue weighted by atomic mass is 9.91. The van der Waals surface area contributed by atoms with Gasteiger partial charge in [-0.3, -0.25) is 4.79 Å². The van der Waals surface area contributed by atoms with E-state index >= 15 is 0 Å². The van der Waals surface area contributed by atoms with Gasteiger partial charge in [0, 0.05) is 32.6 Å². The van der Waals surface area contributed by atoms with Crippen LogP contribution in [0.4, 0.5) is 0 Å². The van der Waals surface area contributed by atoms with Crippen molar-refractivity contribution in [3.05, 3.63) is 34.5 Å². The van der Waals surface area contributed by atoms with E-state index in [1.54, 1.807) is 17.7 Å². The minimum Gasteiger partial charge on any atom is -0.338 e. The van der Waals surface area contributed by atoms with E-state index in [4.69, 9.17) is 0 Å². The van der Waals surface area contributed by atoms with Crippen molar-refractivity contribution in [2.75, 3.05) is 26.2 Å². The number of amides is 1. The zero-order chi connectivity index (χ0) is 17.9. The molecule has 6 nitrogen and oxygen atoms in total. The van der Waals surface area contributed by atoms with Crippen molar-refractivity contribution in [2.24, 2.45) is 13.0 Å². The highest BCUT2D eigenvalue weighted by Gasteiger charge is 2.30. The Bertz CT molecular complexity index is 712. The molecule has 2 aliphatic rings. The van der Waals surface area contributed by atoms with Gasteiger partial charge in [-0.05, 0) is 56.1 Å². The van der Waals surface area contributed by atoms with E-state index in [0.29, 0.717) is 6.04 Å². The molecule has 0 saturated carbocycles. The molecule has 0 atom stereocenters. The number of hydrogen-bond donors (Lipinski definition) is 0. The summed E-state index contributed by atoms with van der Waals surface area (Å²) in [5.41, 5.74) is 0. The first-order valence-corrected chi connectivity index (χ1v) is 10.5. The Hall–Kier alpha value is -1.73. The highest BCUT2D eigenvalue weighted by molar-refractivity contribution is 7.12. The number of aryl methyl sites for hydroxylation is 1. The van der Waals surface area contributed by atoms with Crippen LogP contribution in [0.2, 0.25) is 0 Å². The lowest BCUT2D eigenvalue weighted by molar-refractivity contribution is 0.0555. The first-order valence-electron chi connectivity index (χ1n) is 9.60. The van der Waals surface area contributed by atoms with Gasteiger partial charge in [0.05, 0.1) is 4.88 Å². The third-order valence-electron chi connectivity index (χ3n) is 5.93. The number of aromatic nitrogens is 3. The molecule has 2 aromatic heterocycles. The highest BCUT2D eigenvalue weighted by Crippen LogP contribution is 2.26. The number of carbonyl (C=O) groups is 1. The van der Waals surface area contributed by atoms with Gasteiger partial charge in [-0.25, -0.2) is 0 Å². The second kappa shape index (κ2) is 7.88. The van der Waals surface area contributed by atoms with Gasteiger partial charge in [0.25, 0.3) is 5.91 Å². The number of rotatable bonds is 4. The summed E-state index contributed by atoms with van der Waals surface area (Å²) in [7, 11) is 2.02. The predicted octanol–water partition coefficient (Wildman–Crippen LogP) is 2.44. The maximum absolute atomic E-state index is 12.5. The normalized spacial score (nSPS) is 20.6. The fourth-order valence-electron chi connectivity index (χ4n) is 4.26. The second-order valence-electron chi connectivity index (χ2n) is 7.54. The average Bonchev–Trinajstić information content (AvgIpc) is 3.35. The van der Waals surface area contributed by atoms with E-state index in [9.17, 15) is 4.79 Å². The second-order valence-corrected chi connectivity index (χ2v) is 8.49. The van der Waals surface area contributed by atoms with E-state index < -0.39 is 0 Å². The van der Waals surface area contributed by atoms with Crippen molar-refractivity contribution >= 4 is 17.2 Å². The van der Waals surface area contributed by atoms with Gasteiger partial charge in [0.2, 0.25) is 0 Å². The largest absolute Gasteiger partial charge is 0.338 e. The molecule has 4 heterocycles. The fourth-order valence-corrected chi connectivity index (χ4v) is 4.95. The van der Waals surface area contributed by atoms with Gasteiger partial charge < -0.3 is 14.4 Å². The molecule has 0 unspecified atom stereocenters. The van der Waals surface area contributed by atoms with Crippen LogP contribution < -0.4 is 0 Å². The molecule has 0 radical (unpaired) electrons. The number of hydrogen-bond acceptors (Lipinski definition) is 5. The zero-order valence-corrected chi connectivity index (χ0v) is 16.2. The van der Waals surface area contributed by atoms with Gasteiger partial charge in [0.1, 0.15) is 12.2 Å². The molecule has 2 fully saturated rings. The Morgan fingerprint density at radius 3 is 2.58 bits per heavy atom. The molecule has 7 heteroatoms. The Morgan fingerprint density at radius 2 is 1.96 bits per heavy atom. The molecule has 0 spiro atoms.